The first-order valence-corrected chi connectivity index (χ1v) is 8.71. The number of rotatable bonds is 5. The lowest BCUT2D eigenvalue weighted by Gasteiger charge is -2.09. The highest BCUT2D eigenvalue weighted by Gasteiger charge is 2.10. The fourth-order valence-corrected chi connectivity index (χ4v) is 2.91. The molecule has 0 bridgehead atoms. The van der Waals surface area contributed by atoms with Gasteiger partial charge in [0.2, 0.25) is 5.88 Å². The Kier molecular flexibility index (Phi) is 5.77. The molecule has 0 aliphatic rings. The van der Waals surface area contributed by atoms with E-state index in [2.05, 4.69) is 10.3 Å². The lowest BCUT2D eigenvalue weighted by Crippen LogP contribution is -2.23. The van der Waals surface area contributed by atoms with Crippen LogP contribution in [0.25, 0.3) is 0 Å². The van der Waals surface area contributed by atoms with Crippen LogP contribution in [0.3, 0.4) is 0 Å². The van der Waals surface area contributed by atoms with Gasteiger partial charge in [-0.15, -0.1) is 0 Å². The van der Waals surface area contributed by atoms with Crippen LogP contribution in [-0.4, -0.2) is 10.9 Å². The van der Waals surface area contributed by atoms with Crippen molar-refractivity contribution < 1.29 is 18.3 Å². The van der Waals surface area contributed by atoms with Gasteiger partial charge in [0.25, 0.3) is 5.91 Å². The van der Waals surface area contributed by atoms with Crippen LogP contribution in [-0.2, 0) is 6.54 Å². The number of carbonyl (C=O) groups is 1. The highest BCUT2D eigenvalue weighted by molar-refractivity contribution is 14.1. The van der Waals surface area contributed by atoms with Crippen molar-refractivity contribution >= 4 is 28.5 Å². The van der Waals surface area contributed by atoms with Crippen molar-refractivity contribution in [3.8, 4) is 11.6 Å². The van der Waals surface area contributed by atoms with Crippen molar-refractivity contribution in [2.45, 2.75) is 6.54 Å². The SMILES string of the molecule is O=C(NCc1ccnc(Oc2ccc(F)cc2)c1)c1ccc(F)cc1I. The minimum atomic E-state index is -0.386. The van der Waals surface area contributed by atoms with E-state index in [1.807, 2.05) is 22.6 Å². The number of ether oxygens (including phenoxy) is 1. The number of pyridine rings is 1. The molecule has 26 heavy (non-hydrogen) atoms. The summed E-state index contributed by atoms with van der Waals surface area (Å²) in [4.78, 5) is 16.3. The van der Waals surface area contributed by atoms with Gasteiger partial charge < -0.3 is 10.1 Å². The van der Waals surface area contributed by atoms with E-state index in [1.165, 1.54) is 42.5 Å². The molecule has 4 nitrogen and oxygen atoms in total. The molecule has 132 valence electrons. The van der Waals surface area contributed by atoms with Gasteiger partial charge in [-0.3, -0.25) is 4.79 Å². The molecule has 0 atom stereocenters. The van der Waals surface area contributed by atoms with Gasteiger partial charge in [0.15, 0.2) is 0 Å². The summed E-state index contributed by atoms with van der Waals surface area (Å²) in [5.74, 6) is -0.243. The van der Waals surface area contributed by atoms with Gasteiger partial charge in [0, 0.05) is 22.4 Å². The first kappa shape index (κ1) is 18.2. The normalized spacial score (nSPS) is 10.4. The van der Waals surface area contributed by atoms with Crippen molar-refractivity contribution in [1.82, 2.24) is 10.3 Å². The number of hydrogen-bond donors (Lipinski definition) is 1. The second kappa shape index (κ2) is 8.22. The predicted molar refractivity (Wildman–Crippen MR) is 101 cm³/mol. The summed E-state index contributed by atoms with van der Waals surface area (Å²) >= 11 is 1.92. The summed E-state index contributed by atoms with van der Waals surface area (Å²) in [6, 6.07) is 13.0. The van der Waals surface area contributed by atoms with Crippen molar-refractivity contribution in [1.29, 1.82) is 0 Å². The van der Waals surface area contributed by atoms with Gasteiger partial charge in [0.1, 0.15) is 17.4 Å². The first-order chi connectivity index (χ1) is 12.5. The van der Waals surface area contributed by atoms with E-state index in [4.69, 9.17) is 4.74 Å². The van der Waals surface area contributed by atoms with Crippen molar-refractivity contribution in [3.05, 3.63) is 87.1 Å². The minimum absolute atomic E-state index is 0.259. The maximum Gasteiger partial charge on any atom is 0.252 e. The van der Waals surface area contributed by atoms with Crippen molar-refractivity contribution in [3.63, 3.8) is 0 Å². The van der Waals surface area contributed by atoms with Crippen LogP contribution in [0.2, 0.25) is 0 Å². The molecule has 0 saturated carbocycles. The number of carbonyl (C=O) groups excluding carboxylic acids is 1. The van der Waals surface area contributed by atoms with Crippen LogP contribution in [0.1, 0.15) is 15.9 Å². The van der Waals surface area contributed by atoms with E-state index >= 15 is 0 Å². The Labute approximate surface area is 162 Å². The number of benzene rings is 2. The minimum Gasteiger partial charge on any atom is -0.439 e. The number of amides is 1. The van der Waals surface area contributed by atoms with E-state index in [0.29, 0.717) is 20.8 Å². The molecule has 0 radical (unpaired) electrons. The van der Waals surface area contributed by atoms with Crippen LogP contribution >= 0.6 is 22.6 Å². The number of hydrogen-bond acceptors (Lipinski definition) is 3. The Morgan fingerprint density at radius 1 is 1.04 bits per heavy atom. The first-order valence-electron chi connectivity index (χ1n) is 7.63. The zero-order valence-corrected chi connectivity index (χ0v) is 15.5. The van der Waals surface area contributed by atoms with Gasteiger partial charge in [-0.05, 0) is 76.7 Å². The van der Waals surface area contributed by atoms with Crippen molar-refractivity contribution in [2.75, 3.05) is 0 Å². The van der Waals surface area contributed by atoms with Crippen LogP contribution in [0.4, 0.5) is 8.78 Å². The molecule has 1 heterocycles. The third kappa shape index (κ3) is 4.75. The Morgan fingerprint density at radius 3 is 2.50 bits per heavy atom. The molecule has 0 fully saturated rings. The fourth-order valence-electron chi connectivity index (χ4n) is 2.19. The van der Waals surface area contributed by atoms with Crippen molar-refractivity contribution in [2.24, 2.45) is 0 Å². The summed E-state index contributed by atoms with van der Waals surface area (Å²) < 4.78 is 32.2. The molecular weight excluding hydrogens is 453 g/mol. The van der Waals surface area contributed by atoms with E-state index in [0.717, 1.165) is 5.56 Å². The number of nitrogens with zero attached hydrogens (tertiary/aromatic N) is 1. The third-order valence-corrected chi connectivity index (χ3v) is 4.36. The maximum atomic E-state index is 13.1. The van der Waals surface area contributed by atoms with Gasteiger partial charge in [-0.2, -0.15) is 0 Å². The molecule has 1 aromatic heterocycles. The summed E-state index contributed by atoms with van der Waals surface area (Å²) in [5, 5.41) is 2.77. The monoisotopic (exact) mass is 466 g/mol. The third-order valence-electron chi connectivity index (χ3n) is 3.46. The highest BCUT2D eigenvalue weighted by Crippen LogP contribution is 2.20. The molecule has 3 aromatic rings. The molecule has 0 aliphatic carbocycles. The molecule has 2 aromatic carbocycles. The quantitative estimate of drug-likeness (QED) is 0.556. The number of nitrogens with one attached hydrogen (secondary N) is 1. The standard InChI is InChI=1S/C19H13F2IN2O2/c20-13-1-4-15(5-2-13)26-18-9-12(7-8-23-18)11-24-19(25)16-6-3-14(21)10-17(16)22/h1-10H,11H2,(H,24,25). The molecule has 0 aliphatic heterocycles. The zero-order valence-electron chi connectivity index (χ0n) is 13.4. The molecule has 0 saturated heterocycles. The van der Waals surface area contributed by atoms with Gasteiger partial charge >= 0.3 is 0 Å². The summed E-state index contributed by atoms with van der Waals surface area (Å²) in [6.45, 7) is 0.259. The Balaban J connectivity index is 1.65. The predicted octanol–water partition coefficient (Wildman–Crippen LogP) is 4.69. The number of aromatic nitrogens is 1. The molecule has 1 amide bonds. The molecular formula is C19H13F2IN2O2. The Morgan fingerprint density at radius 2 is 1.77 bits per heavy atom. The lowest BCUT2D eigenvalue weighted by atomic mass is 10.2. The van der Waals surface area contributed by atoms with E-state index in [9.17, 15) is 13.6 Å². The van der Waals surface area contributed by atoms with Crippen LogP contribution in [0.5, 0.6) is 11.6 Å². The van der Waals surface area contributed by atoms with Gasteiger partial charge in [-0.25, -0.2) is 13.8 Å². The molecule has 7 heteroatoms. The number of halogens is 3. The largest absolute Gasteiger partial charge is 0.439 e. The van der Waals surface area contributed by atoms with Crippen LogP contribution in [0, 0.1) is 15.2 Å². The van der Waals surface area contributed by atoms with Crippen LogP contribution in [0.15, 0.2) is 60.8 Å². The maximum absolute atomic E-state index is 13.1. The van der Waals surface area contributed by atoms with E-state index < -0.39 is 0 Å². The summed E-state index contributed by atoms with van der Waals surface area (Å²) in [7, 11) is 0. The van der Waals surface area contributed by atoms with Gasteiger partial charge in [-0.1, -0.05) is 0 Å². The smallest absolute Gasteiger partial charge is 0.252 e. The Bertz CT molecular complexity index is 933. The zero-order chi connectivity index (χ0) is 18.5. The van der Waals surface area contributed by atoms with E-state index in [-0.39, 0.29) is 24.1 Å². The molecule has 0 unspecified atom stereocenters. The average molecular weight is 466 g/mol. The molecule has 3 rings (SSSR count). The second-order valence-corrected chi connectivity index (χ2v) is 6.53. The summed E-state index contributed by atoms with van der Waals surface area (Å²) in [5.41, 5.74) is 1.19. The molecule has 1 N–H and O–H groups in total. The fraction of sp³-hybridized carbons (Fsp3) is 0.0526. The second-order valence-electron chi connectivity index (χ2n) is 5.37. The lowest BCUT2D eigenvalue weighted by molar-refractivity contribution is 0.0950. The molecule has 0 spiro atoms. The summed E-state index contributed by atoms with van der Waals surface area (Å²) in [6.07, 6.45) is 1.56. The average Bonchev–Trinajstić information content (AvgIpc) is 2.62. The highest BCUT2D eigenvalue weighted by atomic mass is 127. The van der Waals surface area contributed by atoms with Crippen LogP contribution < -0.4 is 10.1 Å². The topological polar surface area (TPSA) is 51.2 Å². The Hall–Kier alpha value is -2.55. The van der Waals surface area contributed by atoms with Gasteiger partial charge in [0.05, 0.1) is 5.56 Å². The van der Waals surface area contributed by atoms with E-state index in [1.54, 1.807) is 18.3 Å².